The molecule has 5 nitrogen and oxygen atoms in total. The third kappa shape index (κ3) is 2.46. The number of aromatic nitrogens is 3. The number of H-pyrrole nitrogens is 1. The molecule has 6 heteroatoms. The third-order valence-corrected chi connectivity index (χ3v) is 3.96. The van der Waals surface area contributed by atoms with Crippen LogP contribution in [0.3, 0.4) is 0 Å². The second kappa shape index (κ2) is 5.26. The molecule has 0 aromatic carbocycles. The molecule has 20 heavy (non-hydrogen) atoms. The van der Waals surface area contributed by atoms with Crippen molar-refractivity contribution in [2.75, 3.05) is 5.32 Å². The second-order valence-electron chi connectivity index (χ2n) is 4.24. The normalized spacial score (nSPS) is 10.4. The average molecular weight is 284 g/mol. The molecule has 2 N–H and O–H groups in total. The maximum absolute atomic E-state index is 12.1. The van der Waals surface area contributed by atoms with Crippen LogP contribution in [0.5, 0.6) is 0 Å². The van der Waals surface area contributed by atoms with Gasteiger partial charge in [0.1, 0.15) is 0 Å². The van der Waals surface area contributed by atoms with E-state index in [2.05, 4.69) is 20.5 Å². The maximum Gasteiger partial charge on any atom is 0.255 e. The van der Waals surface area contributed by atoms with Gasteiger partial charge in [0.2, 0.25) is 0 Å². The Labute approximate surface area is 119 Å². The van der Waals surface area contributed by atoms with Gasteiger partial charge >= 0.3 is 0 Å². The molecule has 3 rings (SSSR count). The highest BCUT2D eigenvalue weighted by Gasteiger charge is 2.12. The second-order valence-corrected chi connectivity index (χ2v) is 5.50. The van der Waals surface area contributed by atoms with Gasteiger partial charge in [-0.1, -0.05) is 0 Å². The van der Waals surface area contributed by atoms with Gasteiger partial charge < -0.3 is 5.32 Å². The highest BCUT2D eigenvalue weighted by atomic mass is 32.1. The quantitative estimate of drug-likeness (QED) is 0.776. The molecule has 0 aliphatic rings. The monoisotopic (exact) mass is 284 g/mol. The van der Waals surface area contributed by atoms with Crippen LogP contribution in [0.15, 0.2) is 42.9 Å². The first-order valence-corrected chi connectivity index (χ1v) is 6.87. The molecular weight excluding hydrogens is 272 g/mol. The Kier molecular flexibility index (Phi) is 3.30. The number of thiophene rings is 1. The van der Waals surface area contributed by atoms with Gasteiger partial charge in [-0.15, -0.1) is 11.3 Å². The molecule has 0 saturated heterocycles. The first-order valence-electron chi connectivity index (χ1n) is 6.05. The number of carbonyl (C=O) groups excluding carboxylic acids is 1. The van der Waals surface area contributed by atoms with E-state index in [0.29, 0.717) is 5.56 Å². The molecule has 1 amide bonds. The molecule has 0 unspecified atom stereocenters. The predicted molar refractivity (Wildman–Crippen MR) is 78.8 cm³/mol. The zero-order valence-corrected chi connectivity index (χ0v) is 11.6. The summed E-state index contributed by atoms with van der Waals surface area (Å²) in [6.45, 7) is 1.98. The molecule has 3 heterocycles. The van der Waals surface area contributed by atoms with Gasteiger partial charge in [-0.25, -0.2) is 0 Å². The number of carbonyl (C=O) groups is 1. The molecule has 0 fully saturated rings. The number of nitrogens with zero attached hydrogens (tertiary/aromatic N) is 2. The lowest BCUT2D eigenvalue weighted by atomic mass is 10.2. The molecule has 3 aromatic heterocycles. The zero-order valence-electron chi connectivity index (χ0n) is 10.8. The summed E-state index contributed by atoms with van der Waals surface area (Å²) in [4.78, 5) is 18.1. The minimum Gasteiger partial charge on any atom is -0.321 e. The summed E-state index contributed by atoms with van der Waals surface area (Å²) in [5.74, 6) is -0.135. The molecular formula is C14H12N4OS. The number of nitrogens with one attached hydrogen (secondary N) is 2. The summed E-state index contributed by atoms with van der Waals surface area (Å²) in [5.41, 5.74) is 2.36. The Morgan fingerprint density at radius 2 is 2.05 bits per heavy atom. The van der Waals surface area contributed by atoms with Gasteiger partial charge in [0.25, 0.3) is 5.91 Å². The molecule has 0 aliphatic carbocycles. The SMILES string of the molecule is Cc1sc(-c2ccn[nH]2)cc1NC(=O)c1ccncc1. The van der Waals surface area contributed by atoms with Crippen molar-refractivity contribution in [1.82, 2.24) is 15.2 Å². The van der Waals surface area contributed by atoms with Crippen LogP contribution < -0.4 is 5.32 Å². The number of aryl methyl sites for hydroxylation is 1. The van der Waals surface area contributed by atoms with Crippen LogP contribution in [0.4, 0.5) is 5.69 Å². The number of aromatic amines is 1. The predicted octanol–water partition coefficient (Wildman–Crippen LogP) is 3.09. The smallest absolute Gasteiger partial charge is 0.255 e. The van der Waals surface area contributed by atoms with Gasteiger partial charge in [0.05, 0.1) is 16.3 Å². The number of hydrogen-bond donors (Lipinski definition) is 2. The lowest BCUT2D eigenvalue weighted by Gasteiger charge is -2.03. The van der Waals surface area contributed by atoms with Crippen molar-refractivity contribution in [3.05, 3.63) is 53.3 Å². The number of rotatable bonds is 3. The molecule has 0 aliphatic heterocycles. The van der Waals surface area contributed by atoms with Crippen molar-refractivity contribution in [1.29, 1.82) is 0 Å². The third-order valence-electron chi connectivity index (χ3n) is 2.87. The fourth-order valence-corrected chi connectivity index (χ4v) is 2.78. The Bertz CT molecular complexity index is 719. The lowest BCUT2D eigenvalue weighted by Crippen LogP contribution is -2.11. The van der Waals surface area contributed by atoms with Crippen molar-refractivity contribution in [3.8, 4) is 10.6 Å². The van der Waals surface area contributed by atoms with E-state index in [1.165, 1.54) is 0 Å². The van der Waals surface area contributed by atoms with Crippen molar-refractivity contribution in [3.63, 3.8) is 0 Å². The van der Waals surface area contributed by atoms with E-state index in [0.717, 1.165) is 21.1 Å². The van der Waals surface area contributed by atoms with Crippen LogP contribution in [0.1, 0.15) is 15.2 Å². The standard InChI is InChI=1S/C14H12N4OS/c1-9-12(8-13(20-9)11-4-7-16-18-11)17-14(19)10-2-5-15-6-3-10/h2-8H,1H3,(H,16,18)(H,17,19). The molecule has 0 saturated carbocycles. The number of anilines is 1. The van der Waals surface area contributed by atoms with Gasteiger partial charge in [-0.3, -0.25) is 14.9 Å². The maximum atomic E-state index is 12.1. The Balaban J connectivity index is 1.83. The summed E-state index contributed by atoms with van der Waals surface area (Å²) in [6, 6.07) is 7.23. The van der Waals surface area contributed by atoms with Crippen molar-refractivity contribution in [2.24, 2.45) is 0 Å². The minimum absolute atomic E-state index is 0.135. The molecule has 3 aromatic rings. The van der Waals surface area contributed by atoms with E-state index < -0.39 is 0 Å². The Hall–Kier alpha value is -2.47. The van der Waals surface area contributed by atoms with Crippen LogP contribution in [0, 0.1) is 6.92 Å². The van der Waals surface area contributed by atoms with Crippen LogP contribution in [0.2, 0.25) is 0 Å². The summed E-state index contributed by atoms with van der Waals surface area (Å²) >= 11 is 1.61. The van der Waals surface area contributed by atoms with E-state index in [1.807, 2.05) is 19.1 Å². The summed E-state index contributed by atoms with van der Waals surface area (Å²) in [7, 11) is 0. The molecule has 0 spiro atoms. The zero-order chi connectivity index (χ0) is 13.9. The number of amides is 1. The highest BCUT2D eigenvalue weighted by molar-refractivity contribution is 7.16. The Morgan fingerprint density at radius 1 is 1.25 bits per heavy atom. The molecule has 0 radical (unpaired) electrons. The van der Waals surface area contributed by atoms with E-state index in [4.69, 9.17) is 0 Å². The van der Waals surface area contributed by atoms with Crippen LogP contribution in [-0.4, -0.2) is 21.1 Å². The van der Waals surface area contributed by atoms with Crippen LogP contribution in [0.25, 0.3) is 10.6 Å². The summed E-state index contributed by atoms with van der Waals surface area (Å²) < 4.78 is 0. The molecule has 0 atom stereocenters. The van der Waals surface area contributed by atoms with Crippen molar-refractivity contribution in [2.45, 2.75) is 6.92 Å². The summed E-state index contributed by atoms with van der Waals surface area (Å²) in [5, 5.41) is 9.77. The van der Waals surface area contributed by atoms with Gasteiger partial charge in [-0.05, 0) is 31.2 Å². The first kappa shape index (κ1) is 12.6. The number of pyridine rings is 1. The van der Waals surface area contributed by atoms with Crippen LogP contribution in [-0.2, 0) is 0 Å². The fourth-order valence-electron chi connectivity index (χ4n) is 1.83. The van der Waals surface area contributed by atoms with Crippen molar-refractivity contribution < 1.29 is 4.79 Å². The largest absolute Gasteiger partial charge is 0.321 e. The number of hydrogen-bond acceptors (Lipinski definition) is 4. The first-order chi connectivity index (χ1) is 9.74. The summed E-state index contributed by atoms with van der Waals surface area (Å²) in [6.07, 6.45) is 4.91. The van der Waals surface area contributed by atoms with Gasteiger partial charge in [0, 0.05) is 29.0 Å². The Morgan fingerprint density at radius 3 is 2.75 bits per heavy atom. The highest BCUT2D eigenvalue weighted by Crippen LogP contribution is 2.33. The lowest BCUT2D eigenvalue weighted by molar-refractivity contribution is 0.102. The fraction of sp³-hybridized carbons (Fsp3) is 0.0714. The van der Waals surface area contributed by atoms with Gasteiger partial charge in [0.15, 0.2) is 0 Å². The molecule has 100 valence electrons. The molecule has 0 bridgehead atoms. The van der Waals surface area contributed by atoms with Crippen molar-refractivity contribution >= 4 is 22.9 Å². The van der Waals surface area contributed by atoms with E-state index in [1.54, 1.807) is 42.1 Å². The minimum atomic E-state index is -0.135. The topological polar surface area (TPSA) is 70.7 Å². The van der Waals surface area contributed by atoms with Crippen LogP contribution >= 0.6 is 11.3 Å². The van der Waals surface area contributed by atoms with E-state index in [9.17, 15) is 4.79 Å². The van der Waals surface area contributed by atoms with E-state index >= 15 is 0 Å². The van der Waals surface area contributed by atoms with E-state index in [-0.39, 0.29) is 5.91 Å². The average Bonchev–Trinajstić information content (AvgIpc) is 3.10. The van der Waals surface area contributed by atoms with Gasteiger partial charge in [-0.2, -0.15) is 5.10 Å².